The van der Waals surface area contributed by atoms with E-state index in [0.717, 1.165) is 24.5 Å². The van der Waals surface area contributed by atoms with Gasteiger partial charge in [0.2, 0.25) is 0 Å². The number of nitrogens with zero attached hydrogens (tertiary/aromatic N) is 3. The fraction of sp³-hybridized carbons (Fsp3) is 0.905. The number of hydrogen-bond donors (Lipinski definition) is 2. The summed E-state index contributed by atoms with van der Waals surface area (Å²) < 4.78 is 0. The molecular weight excluding hydrogens is 322 g/mol. The summed E-state index contributed by atoms with van der Waals surface area (Å²) in [6.45, 7) is 4.50. The summed E-state index contributed by atoms with van der Waals surface area (Å²) in [4.78, 5) is 9.70. The van der Waals surface area contributed by atoms with Gasteiger partial charge in [-0.05, 0) is 25.7 Å². The van der Waals surface area contributed by atoms with Gasteiger partial charge in [0.25, 0.3) is 0 Å². The molecule has 26 heavy (non-hydrogen) atoms. The molecule has 1 saturated carbocycles. The van der Waals surface area contributed by atoms with Crippen LogP contribution in [0.5, 0.6) is 0 Å². The largest absolute Gasteiger partial charge is 0.275 e. The van der Waals surface area contributed by atoms with E-state index in [1.54, 1.807) is 5.01 Å². The second-order valence-electron chi connectivity index (χ2n) is 7.98. The predicted molar refractivity (Wildman–Crippen MR) is 112 cm³/mol. The molecule has 0 saturated heterocycles. The first-order valence-corrected chi connectivity index (χ1v) is 11.2. The minimum Gasteiger partial charge on any atom is -0.275 e. The van der Waals surface area contributed by atoms with Gasteiger partial charge in [0.1, 0.15) is 11.7 Å². The first-order chi connectivity index (χ1) is 12.7. The summed E-state index contributed by atoms with van der Waals surface area (Å²) >= 11 is 0. The van der Waals surface area contributed by atoms with Gasteiger partial charge >= 0.3 is 0 Å². The topological polar surface area (TPSA) is 66.0 Å². The average Bonchev–Trinajstić information content (AvgIpc) is 2.66. The minimum atomic E-state index is -0.127. The van der Waals surface area contributed by atoms with Crippen molar-refractivity contribution in [2.75, 3.05) is 0 Å². The highest BCUT2D eigenvalue weighted by atomic mass is 15.6. The Kier molecular flexibility index (Phi) is 10.2. The summed E-state index contributed by atoms with van der Waals surface area (Å²) in [6.07, 6.45) is 18.3. The summed E-state index contributed by atoms with van der Waals surface area (Å²) in [5.74, 6) is 8.45. The number of hydrazine groups is 1. The van der Waals surface area contributed by atoms with Crippen molar-refractivity contribution >= 4 is 11.7 Å². The average molecular weight is 364 g/mol. The van der Waals surface area contributed by atoms with Crippen LogP contribution in [0.2, 0.25) is 0 Å². The molecular formula is C21H41N5. The van der Waals surface area contributed by atoms with E-state index in [1.165, 1.54) is 83.5 Å². The summed E-state index contributed by atoms with van der Waals surface area (Å²) in [5, 5.41) is 5.50. The van der Waals surface area contributed by atoms with Crippen LogP contribution in [0.25, 0.3) is 0 Å². The molecule has 0 radical (unpaired) electrons. The van der Waals surface area contributed by atoms with E-state index < -0.39 is 0 Å². The molecule has 1 fully saturated rings. The van der Waals surface area contributed by atoms with Gasteiger partial charge in [-0.3, -0.25) is 10.3 Å². The molecule has 1 aliphatic carbocycles. The normalized spacial score (nSPS) is 21.7. The Labute approximate surface area is 160 Å². The number of nitrogens with one attached hydrogen (secondary N) is 1. The van der Waals surface area contributed by atoms with Gasteiger partial charge < -0.3 is 0 Å². The number of unbranched alkanes of at least 4 members (excludes halogenated alkanes) is 6. The van der Waals surface area contributed by atoms with Crippen molar-refractivity contribution in [1.29, 1.82) is 0 Å². The first kappa shape index (κ1) is 21.4. The molecule has 2 aliphatic rings. The molecule has 0 aromatic rings. The molecule has 0 aromatic heterocycles. The van der Waals surface area contributed by atoms with E-state index in [2.05, 4.69) is 19.2 Å². The van der Waals surface area contributed by atoms with Gasteiger partial charge in [-0.15, -0.1) is 0 Å². The highest BCUT2D eigenvalue weighted by molar-refractivity contribution is 5.98. The molecule has 150 valence electrons. The van der Waals surface area contributed by atoms with Crippen LogP contribution in [0.15, 0.2) is 9.98 Å². The van der Waals surface area contributed by atoms with E-state index in [1.807, 2.05) is 0 Å². The monoisotopic (exact) mass is 363 g/mol. The maximum absolute atomic E-state index is 6.43. The fourth-order valence-electron chi connectivity index (χ4n) is 3.90. The Hall–Kier alpha value is -0.940. The zero-order chi connectivity index (χ0) is 18.6. The van der Waals surface area contributed by atoms with Crippen LogP contribution in [0, 0.1) is 0 Å². The van der Waals surface area contributed by atoms with Crippen LogP contribution in [-0.4, -0.2) is 29.0 Å². The van der Waals surface area contributed by atoms with E-state index in [-0.39, 0.29) is 6.29 Å². The van der Waals surface area contributed by atoms with E-state index in [9.17, 15) is 0 Å². The van der Waals surface area contributed by atoms with Crippen molar-refractivity contribution < 1.29 is 0 Å². The molecule has 0 spiro atoms. The Morgan fingerprint density at radius 3 is 2.23 bits per heavy atom. The Bertz CT molecular complexity index is 440. The number of amidine groups is 2. The number of rotatable bonds is 12. The Morgan fingerprint density at radius 2 is 1.58 bits per heavy atom. The van der Waals surface area contributed by atoms with Gasteiger partial charge in [-0.25, -0.2) is 15.8 Å². The summed E-state index contributed by atoms with van der Waals surface area (Å²) in [6, 6.07) is 0.546. The molecule has 0 amide bonds. The van der Waals surface area contributed by atoms with Gasteiger partial charge in [-0.1, -0.05) is 71.6 Å². The lowest BCUT2D eigenvalue weighted by Gasteiger charge is -2.35. The van der Waals surface area contributed by atoms with Crippen molar-refractivity contribution in [2.24, 2.45) is 15.8 Å². The van der Waals surface area contributed by atoms with E-state index >= 15 is 0 Å². The third kappa shape index (κ3) is 7.36. The molecule has 1 atom stereocenters. The van der Waals surface area contributed by atoms with Gasteiger partial charge in [0, 0.05) is 18.9 Å². The van der Waals surface area contributed by atoms with E-state index in [0.29, 0.717) is 6.04 Å². The molecule has 5 heteroatoms. The number of aliphatic imine (C=N–C) groups is 2. The molecule has 1 heterocycles. The van der Waals surface area contributed by atoms with Crippen molar-refractivity contribution in [3.05, 3.63) is 0 Å². The van der Waals surface area contributed by atoms with Crippen LogP contribution >= 0.6 is 0 Å². The SMILES string of the molecule is CCCCCCC1=NC(NC2CCCCC2)N(N)C(CCCCCC)=N1. The summed E-state index contributed by atoms with van der Waals surface area (Å²) in [7, 11) is 0. The molecule has 0 aromatic carbocycles. The van der Waals surface area contributed by atoms with Crippen LogP contribution in [0.4, 0.5) is 0 Å². The highest BCUT2D eigenvalue weighted by Gasteiger charge is 2.26. The second-order valence-corrected chi connectivity index (χ2v) is 7.98. The van der Waals surface area contributed by atoms with Crippen molar-refractivity contribution in [2.45, 2.75) is 122 Å². The van der Waals surface area contributed by atoms with Gasteiger partial charge in [-0.2, -0.15) is 0 Å². The lowest BCUT2D eigenvalue weighted by molar-refractivity contribution is 0.221. The zero-order valence-corrected chi connectivity index (χ0v) is 17.2. The van der Waals surface area contributed by atoms with Crippen molar-refractivity contribution in [3.8, 4) is 0 Å². The van der Waals surface area contributed by atoms with Crippen LogP contribution < -0.4 is 11.2 Å². The lowest BCUT2D eigenvalue weighted by Crippen LogP contribution is -2.56. The Balaban J connectivity index is 1.95. The number of nitrogens with two attached hydrogens (primary N) is 1. The minimum absolute atomic E-state index is 0.127. The first-order valence-electron chi connectivity index (χ1n) is 11.2. The fourth-order valence-corrected chi connectivity index (χ4v) is 3.90. The maximum Gasteiger partial charge on any atom is 0.192 e. The molecule has 3 N–H and O–H groups in total. The standard InChI is InChI=1S/C21H41N5/c1-3-5-7-12-16-19-24-20(17-13-8-6-4-2)26(22)21(25-19)23-18-14-10-9-11-15-18/h18,21,23H,3-17,22H2,1-2H3. The predicted octanol–water partition coefficient (Wildman–Crippen LogP) is 5.12. The lowest BCUT2D eigenvalue weighted by atomic mass is 9.95. The van der Waals surface area contributed by atoms with Crippen LogP contribution in [0.1, 0.15) is 110 Å². The highest BCUT2D eigenvalue weighted by Crippen LogP contribution is 2.20. The third-order valence-corrected chi connectivity index (χ3v) is 5.59. The Morgan fingerprint density at radius 1 is 0.923 bits per heavy atom. The summed E-state index contributed by atoms with van der Waals surface area (Å²) in [5.41, 5.74) is 0. The van der Waals surface area contributed by atoms with Crippen molar-refractivity contribution in [3.63, 3.8) is 0 Å². The maximum atomic E-state index is 6.43. The van der Waals surface area contributed by atoms with Crippen LogP contribution in [0.3, 0.4) is 0 Å². The van der Waals surface area contributed by atoms with Crippen molar-refractivity contribution in [1.82, 2.24) is 10.3 Å². The smallest absolute Gasteiger partial charge is 0.192 e. The third-order valence-electron chi connectivity index (χ3n) is 5.59. The number of hydrogen-bond acceptors (Lipinski definition) is 5. The quantitative estimate of drug-likeness (QED) is 0.373. The van der Waals surface area contributed by atoms with Crippen LogP contribution in [-0.2, 0) is 0 Å². The van der Waals surface area contributed by atoms with Gasteiger partial charge in [0.15, 0.2) is 6.29 Å². The molecule has 1 unspecified atom stereocenters. The molecule has 2 rings (SSSR count). The van der Waals surface area contributed by atoms with Gasteiger partial charge in [0.05, 0.1) is 0 Å². The second kappa shape index (κ2) is 12.4. The molecule has 1 aliphatic heterocycles. The molecule has 5 nitrogen and oxygen atoms in total. The zero-order valence-electron chi connectivity index (χ0n) is 17.2. The molecule has 0 bridgehead atoms. The van der Waals surface area contributed by atoms with E-state index in [4.69, 9.17) is 15.8 Å².